The second kappa shape index (κ2) is 1.98. The van der Waals surface area contributed by atoms with Crippen LogP contribution in [0.25, 0.3) is 0 Å². The normalized spacial score (nSPS) is 43.3. The highest BCUT2D eigenvalue weighted by atomic mass is 19.3. The molecular weight excluding hydrogens is 166 g/mol. The van der Waals surface area contributed by atoms with Crippen LogP contribution in [-0.4, -0.2) is 17.0 Å². The molecule has 2 unspecified atom stereocenters. The molecule has 0 radical (unpaired) electrons. The lowest BCUT2D eigenvalue weighted by Gasteiger charge is -2.05. The van der Waals surface area contributed by atoms with Crippen molar-refractivity contribution < 1.29 is 18.7 Å². The molecule has 0 aromatic rings. The first-order valence-corrected chi connectivity index (χ1v) is 4.08. The largest absolute Gasteiger partial charge is 0.481 e. The van der Waals surface area contributed by atoms with Gasteiger partial charge in [0, 0.05) is 11.8 Å². The number of halogens is 2. The van der Waals surface area contributed by atoms with Crippen LogP contribution in [0.5, 0.6) is 0 Å². The Morgan fingerprint density at radius 2 is 2.08 bits per heavy atom. The van der Waals surface area contributed by atoms with E-state index in [4.69, 9.17) is 5.11 Å². The second-order valence-corrected chi connectivity index (χ2v) is 3.94. The average molecular weight is 176 g/mol. The molecule has 12 heavy (non-hydrogen) atoms. The van der Waals surface area contributed by atoms with Crippen LogP contribution in [0, 0.1) is 11.3 Å². The van der Waals surface area contributed by atoms with E-state index >= 15 is 0 Å². The van der Waals surface area contributed by atoms with E-state index in [9.17, 15) is 13.6 Å². The van der Waals surface area contributed by atoms with Crippen LogP contribution in [-0.2, 0) is 4.79 Å². The van der Waals surface area contributed by atoms with Gasteiger partial charge in [-0.3, -0.25) is 4.79 Å². The summed E-state index contributed by atoms with van der Waals surface area (Å²) in [4.78, 5) is 10.5. The van der Waals surface area contributed by atoms with Crippen LogP contribution in [0.3, 0.4) is 0 Å². The van der Waals surface area contributed by atoms with Crippen LogP contribution in [0.15, 0.2) is 0 Å². The monoisotopic (exact) mass is 176 g/mol. The molecule has 0 amide bonds. The standard InChI is InChI=1S/C8H10F2O2/c9-8(10)4-7(8)2-1-5(3-7)6(11)12/h5H,1-4H2,(H,11,12). The van der Waals surface area contributed by atoms with Crippen molar-refractivity contribution in [1.82, 2.24) is 0 Å². The van der Waals surface area contributed by atoms with Crippen molar-refractivity contribution in [1.29, 1.82) is 0 Å². The first-order valence-electron chi connectivity index (χ1n) is 4.08. The lowest BCUT2D eigenvalue weighted by atomic mass is 10.0. The van der Waals surface area contributed by atoms with Crippen LogP contribution < -0.4 is 0 Å². The molecule has 68 valence electrons. The van der Waals surface area contributed by atoms with E-state index in [2.05, 4.69) is 0 Å². The molecule has 0 aliphatic heterocycles. The van der Waals surface area contributed by atoms with E-state index in [0.717, 1.165) is 0 Å². The van der Waals surface area contributed by atoms with Crippen molar-refractivity contribution in [3.8, 4) is 0 Å². The van der Waals surface area contributed by atoms with Crippen molar-refractivity contribution >= 4 is 5.97 Å². The van der Waals surface area contributed by atoms with Gasteiger partial charge in [-0.15, -0.1) is 0 Å². The fourth-order valence-corrected chi connectivity index (χ4v) is 2.21. The molecule has 2 fully saturated rings. The molecule has 0 aromatic heterocycles. The summed E-state index contributed by atoms with van der Waals surface area (Å²) >= 11 is 0. The minimum atomic E-state index is -2.57. The Labute approximate surface area is 68.6 Å². The summed E-state index contributed by atoms with van der Waals surface area (Å²) in [6.45, 7) is 0. The molecule has 0 aromatic carbocycles. The molecule has 4 heteroatoms. The molecule has 0 saturated heterocycles. The third-order valence-electron chi connectivity index (χ3n) is 3.17. The Hall–Kier alpha value is -0.670. The Morgan fingerprint density at radius 1 is 1.50 bits per heavy atom. The topological polar surface area (TPSA) is 37.3 Å². The molecule has 1 N–H and O–H groups in total. The molecule has 0 heterocycles. The molecule has 2 nitrogen and oxygen atoms in total. The average Bonchev–Trinajstić information content (AvgIpc) is 2.38. The zero-order valence-corrected chi connectivity index (χ0v) is 6.52. The minimum absolute atomic E-state index is 0.0935. The first-order chi connectivity index (χ1) is 5.47. The van der Waals surface area contributed by atoms with Gasteiger partial charge in [-0.2, -0.15) is 0 Å². The molecule has 2 saturated carbocycles. The molecule has 0 bridgehead atoms. The zero-order chi connectivity index (χ0) is 8.98. The fourth-order valence-electron chi connectivity index (χ4n) is 2.21. The molecule has 1 spiro atoms. The molecule has 2 aliphatic rings. The summed E-state index contributed by atoms with van der Waals surface area (Å²) in [5.41, 5.74) is -0.921. The second-order valence-electron chi connectivity index (χ2n) is 3.94. The van der Waals surface area contributed by atoms with Gasteiger partial charge in [0.2, 0.25) is 0 Å². The molecular formula is C8H10F2O2. The van der Waals surface area contributed by atoms with E-state index < -0.39 is 23.2 Å². The Kier molecular flexibility index (Phi) is 1.31. The minimum Gasteiger partial charge on any atom is -0.481 e. The van der Waals surface area contributed by atoms with Crippen molar-refractivity contribution in [2.24, 2.45) is 11.3 Å². The quantitative estimate of drug-likeness (QED) is 0.662. The number of hydrogen-bond acceptors (Lipinski definition) is 1. The van der Waals surface area contributed by atoms with Gasteiger partial charge in [0.25, 0.3) is 5.92 Å². The van der Waals surface area contributed by atoms with Gasteiger partial charge in [-0.1, -0.05) is 0 Å². The molecule has 2 aliphatic carbocycles. The first kappa shape index (κ1) is 7.95. The van der Waals surface area contributed by atoms with Gasteiger partial charge in [0.15, 0.2) is 0 Å². The Bertz CT molecular complexity index is 239. The highest BCUT2D eigenvalue weighted by Crippen LogP contribution is 2.69. The fraction of sp³-hybridized carbons (Fsp3) is 0.875. The maximum absolute atomic E-state index is 12.7. The summed E-state index contributed by atoms with van der Waals surface area (Å²) in [5, 5.41) is 8.60. The van der Waals surface area contributed by atoms with E-state index in [1.807, 2.05) is 0 Å². The van der Waals surface area contributed by atoms with Crippen LogP contribution in [0.1, 0.15) is 25.7 Å². The third kappa shape index (κ3) is 0.867. The summed E-state index contributed by atoms with van der Waals surface area (Å²) < 4.78 is 25.5. The molecule has 2 atom stereocenters. The highest BCUT2D eigenvalue weighted by Gasteiger charge is 2.72. The smallest absolute Gasteiger partial charge is 0.306 e. The summed E-state index contributed by atoms with van der Waals surface area (Å²) in [5.74, 6) is -4.02. The number of rotatable bonds is 1. The highest BCUT2D eigenvalue weighted by molar-refractivity contribution is 5.70. The van der Waals surface area contributed by atoms with E-state index in [0.29, 0.717) is 12.8 Å². The van der Waals surface area contributed by atoms with Gasteiger partial charge >= 0.3 is 5.97 Å². The van der Waals surface area contributed by atoms with Crippen molar-refractivity contribution in [3.05, 3.63) is 0 Å². The van der Waals surface area contributed by atoms with Crippen molar-refractivity contribution in [2.75, 3.05) is 0 Å². The third-order valence-corrected chi connectivity index (χ3v) is 3.17. The van der Waals surface area contributed by atoms with Crippen molar-refractivity contribution in [3.63, 3.8) is 0 Å². The van der Waals surface area contributed by atoms with Crippen LogP contribution in [0.2, 0.25) is 0 Å². The number of carboxylic acids is 1. The lowest BCUT2D eigenvalue weighted by Crippen LogP contribution is -2.12. The van der Waals surface area contributed by atoms with Gasteiger partial charge in [-0.25, -0.2) is 8.78 Å². The van der Waals surface area contributed by atoms with Gasteiger partial charge in [0.1, 0.15) is 0 Å². The number of carboxylic acid groups (broad SMARTS) is 1. The number of aliphatic carboxylic acids is 1. The number of carbonyl (C=O) groups is 1. The Balaban J connectivity index is 2.05. The van der Waals surface area contributed by atoms with E-state index in [1.165, 1.54) is 0 Å². The zero-order valence-electron chi connectivity index (χ0n) is 6.52. The summed E-state index contributed by atoms with van der Waals surface area (Å²) in [6, 6.07) is 0. The van der Waals surface area contributed by atoms with Crippen molar-refractivity contribution in [2.45, 2.75) is 31.6 Å². The Morgan fingerprint density at radius 3 is 2.33 bits per heavy atom. The SMILES string of the molecule is O=C(O)C1CCC2(C1)CC2(F)F. The summed E-state index contributed by atoms with van der Waals surface area (Å²) in [6.07, 6.45) is 0.890. The summed E-state index contributed by atoms with van der Waals surface area (Å²) in [7, 11) is 0. The van der Waals surface area contributed by atoms with Gasteiger partial charge < -0.3 is 5.11 Å². The number of hydrogen-bond donors (Lipinski definition) is 1. The van der Waals surface area contributed by atoms with E-state index in [-0.39, 0.29) is 12.8 Å². The van der Waals surface area contributed by atoms with Crippen LogP contribution >= 0.6 is 0 Å². The number of alkyl halides is 2. The van der Waals surface area contributed by atoms with Gasteiger partial charge in [-0.05, 0) is 19.3 Å². The molecule has 2 rings (SSSR count). The predicted octanol–water partition coefficient (Wildman–Crippen LogP) is 1.90. The maximum atomic E-state index is 12.7. The predicted molar refractivity (Wildman–Crippen MR) is 37.0 cm³/mol. The maximum Gasteiger partial charge on any atom is 0.306 e. The lowest BCUT2D eigenvalue weighted by molar-refractivity contribution is -0.141. The van der Waals surface area contributed by atoms with E-state index in [1.54, 1.807) is 0 Å². The van der Waals surface area contributed by atoms with Gasteiger partial charge in [0.05, 0.1) is 5.92 Å². The van der Waals surface area contributed by atoms with Crippen LogP contribution in [0.4, 0.5) is 8.78 Å².